The van der Waals surface area contributed by atoms with Gasteiger partial charge >= 0.3 is 6.09 Å². The summed E-state index contributed by atoms with van der Waals surface area (Å²) in [5.74, 6) is 1.07. The van der Waals surface area contributed by atoms with E-state index in [1.54, 1.807) is 18.2 Å². The van der Waals surface area contributed by atoms with Gasteiger partial charge in [0.1, 0.15) is 0 Å². The molecule has 2 aromatic rings. The van der Waals surface area contributed by atoms with Crippen molar-refractivity contribution >= 4 is 29.3 Å². The molecule has 0 aliphatic carbocycles. The zero-order chi connectivity index (χ0) is 15.7. The third-order valence-corrected chi connectivity index (χ3v) is 4.47. The normalized spacial score (nSPS) is 16.0. The monoisotopic (exact) mass is 341 g/mol. The Bertz CT molecular complexity index is 696. The smallest absolute Gasteiger partial charge is 0.407 e. The van der Waals surface area contributed by atoms with Gasteiger partial charge in [-0.3, -0.25) is 0 Å². The summed E-state index contributed by atoms with van der Waals surface area (Å²) in [6.45, 7) is 0.953. The Labute approximate surface area is 136 Å². The number of likely N-dealkylation sites (tertiary alicyclic amines) is 1. The van der Waals surface area contributed by atoms with Gasteiger partial charge in [-0.15, -0.1) is 0 Å². The molecule has 1 fully saturated rings. The van der Waals surface area contributed by atoms with E-state index in [1.807, 2.05) is 0 Å². The van der Waals surface area contributed by atoms with Crippen molar-refractivity contribution in [3.8, 4) is 11.4 Å². The SMILES string of the molecule is O=C(O)N1CCC(c2nc(-c3ccc(Cl)c(Cl)c3)no2)CC1. The van der Waals surface area contributed by atoms with Crippen LogP contribution in [0.5, 0.6) is 0 Å². The van der Waals surface area contributed by atoms with Gasteiger partial charge in [-0.25, -0.2) is 4.79 Å². The van der Waals surface area contributed by atoms with Crippen LogP contribution in [-0.4, -0.2) is 39.3 Å². The van der Waals surface area contributed by atoms with Crippen LogP contribution in [0, 0.1) is 0 Å². The number of piperidine rings is 1. The number of nitrogens with zero attached hydrogens (tertiary/aromatic N) is 3. The molecule has 0 unspecified atom stereocenters. The standard InChI is InChI=1S/C14H13Cl2N3O3/c15-10-2-1-9(7-11(10)16)12-17-13(22-18-12)8-3-5-19(6-4-8)14(20)21/h1-2,7-8H,3-6H2,(H,20,21). The van der Waals surface area contributed by atoms with Crippen molar-refractivity contribution in [2.45, 2.75) is 18.8 Å². The molecule has 0 radical (unpaired) electrons. The van der Waals surface area contributed by atoms with Crippen molar-refractivity contribution in [2.75, 3.05) is 13.1 Å². The first-order chi connectivity index (χ1) is 10.5. The molecule has 1 saturated heterocycles. The topological polar surface area (TPSA) is 79.5 Å². The molecule has 3 rings (SSSR count). The lowest BCUT2D eigenvalue weighted by atomic mass is 9.97. The molecule has 8 heteroatoms. The number of rotatable bonds is 2. The van der Waals surface area contributed by atoms with Crippen LogP contribution in [0.15, 0.2) is 22.7 Å². The summed E-state index contributed by atoms with van der Waals surface area (Å²) in [5.41, 5.74) is 0.729. The molecule has 0 atom stereocenters. The van der Waals surface area contributed by atoms with Crippen LogP contribution in [-0.2, 0) is 0 Å². The van der Waals surface area contributed by atoms with Crippen LogP contribution in [0.4, 0.5) is 4.79 Å². The second kappa shape index (κ2) is 6.14. The number of hydrogen-bond acceptors (Lipinski definition) is 4. The molecular formula is C14H13Cl2N3O3. The van der Waals surface area contributed by atoms with Gasteiger partial charge in [-0.05, 0) is 31.0 Å². The lowest BCUT2D eigenvalue weighted by Gasteiger charge is -2.27. The van der Waals surface area contributed by atoms with E-state index in [-0.39, 0.29) is 5.92 Å². The van der Waals surface area contributed by atoms with E-state index in [1.165, 1.54) is 4.90 Å². The molecule has 116 valence electrons. The van der Waals surface area contributed by atoms with E-state index in [4.69, 9.17) is 32.8 Å². The van der Waals surface area contributed by atoms with Crippen LogP contribution >= 0.6 is 23.2 Å². The molecule has 2 heterocycles. The molecular weight excluding hydrogens is 329 g/mol. The van der Waals surface area contributed by atoms with Crippen molar-refractivity contribution in [1.29, 1.82) is 0 Å². The van der Waals surface area contributed by atoms with Gasteiger partial charge in [-0.2, -0.15) is 4.98 Å². The highest BCUT2D eigenvalue weighted by molar-refractivity contribution is 6.42. The highest BCUT2D eigenvalue weighted by atomic mass is 35.5. The first-order valence-electron chi connectivity index (χ1n) is 6.81. The van der Waals surface area contributed by atoms with Crippen molar-refractivity contribution in [2.24, 2.45) is 0 Å². The number of halogens is 2. The summed E-state index contributed by atoms with van der Waals surface area (Å²) in [5, 5.41) is 13.8. The molecule has 1 aliphatic rings. The number of benzene rings is 1. The molecule has 22 heavy (non-hydrogen) atoms. The van der Waals surface area contributed by atoms with Gasteiger partial charge in [0, 0.05) is 24.6 Å². The van der Waals surface area contributed by atoms with E-state index in [0.29, 0.717) is 47.7 Å². The minimum atomic E-state index is -0.888. The molecule has 1 aromatic heterocycles. The summed E-state index contributed by atoms with van der Waals surface area (Å²) in [6.07, 6.45) is 0.463. The molecule has 0 saturated carbocycles. The van der Waals surface area contributed by atoms with Crippen molar-refractivity contribution in [1.82, 2.24) is 15.0 Å². The van der Waals surface area contributed by atoms with E-state index in [2.05, 4.69) is 10.1 Å². The average molecular weight is 342 g/mol. The fourth-order valence-corrected chi connectivity index (χ4v) is 2.77. The quantitative estimate of drug-likeness (QED) is 0.895. The summed E-state index contributed by atoms with van der Waals surface area (Å²) in [6, 6.07) is 5.14. The van der Waals surface area contributed by atoms with Gasteiger partial charge in [0.15, 0.2) is 0 Å². The molecule has 0 spiro atoms. The summed E-state index contributed by atoms with van der Waals surface area (Å²) >= 11 is 11.9. The van der Waals surface area contributed by atoms with E-state index in [0.717, 1.165) is 5.56 Å². The van der Waals surface area contributed by atoms with E-state index < -0.39 is 6.09 Å². The van der Waals surface area contributed by atoms with Crippen LogP contribution < -0.4 is 0 Å². The third-order valence-electron chi connectivity index (χ3n) is 3.73. The number of aromatic nitrogens is 2. The number of carbonyl (C=O) groups is 1. The highest BCUT2D eigenvalue weighted by Crippen LogP contribution is 2.30. The Hall–Kier alpha value is -1.79. The van der Waals surface area contributed by atoms with Crippen LogP contribution in [0.25, 0.3) is 11.4 Å². The molecule has 1 amide bonds. The Morgan fingerprint density at radius 3 is 2.64 bits per heavy atom. The Balaban J connectivity index is 1.74. The Kier molecular flexibility index (Phi) is 4.22. The van der Waals surface area contributed by atoms with Crippen LogP contribution in [0.3, 0.4) is 0 Å². The van der Waals surface area contributed by atoms with Crippen molar-refractivity contribution < 1.29 is 14.4 Å². The third kappa shape index (κ3) is 3.03. The minimum absolute atomic E-state index is 0.0830. The second-order valence-electron chi connectivity index (χ2n) is 5.13. The van der Waals surface area contributed by atoms with Gasteiger partial charge in [0.05, 0.1) is 10.0 Å². The fraction of sp³-hybridized carbons (Fsp3) is 0.357. The zero-order valence-electron chi connectivity index (χ0n) is 11.5. The van der Waals surface area contributed by atoms with Gasteiger partial charge in [-0.1, -0.05) is 28.4 Å². The maximum atomic E-state index is 10.9. The van der Waals surface area contributed by atoms with Gasteiger partial charge < -0.3 is 14.5 Å². The van der Waals surface area contributed by atoms with Crippen molar-refractivity contribution in [3.63, 3.8) is 0 Å². The molecule has 0 bridgehead atoms. The average Bonchev–Trinajstić information content (AvgIpc) is 3.00. The number of amides is 1. The maximum Gasteiger partial charge on any atom is 0.407 e. The highest BCUT2D eigenvalue weighted by Gasteiger charge is 2.27. The predicted octanol–water partition coefficient (Wildman–Crippen LogP) is 3.90. The second-order valence-corrected chi connectivity index (χ2v) is 5.94. The lowest BCUT2D eigenvalue weighted by Crippen LogP contribution is -2.36. The molecule has 1 N–H and O–H groups in total. The van der Waals surface area contributed by atoms with Gasteiger partial charge in [0.25, 0.3) is 0 Å². The zero-order valence-corrected chi connectivity index (χ0v) is 13.0. The lowest BCUT2D eigenvalue weighted by molar-refractivity contribution is 0.128. The summed E-state index contributed by atoms with van der Waals surface area (Å²) in [7, 11) is 0. The summed E-state index contributed by atoms with van der Waals surface area (Å²) in [4.78, 5) is 16.7. The molecule has 6 nitrogen and oxygen atoms in total. The van der Waals surface area contributed by atoms with Gasteiger partial charge in [0.2, 0.25) is 11.7 Å². The number of hydrogen-bond donors (Lipinski definition) is 1. The minimum Gasteiger partial charge on any atom is -0.465 e. The predicted molar refractivity (Wildman–Crippen MR) is 81.3 cm³/mol. The van der Waals surface area contributed by atoms with Crippen LogP contribution in [0.1, 0.15) is 24.7 Å². The Morgan fingerprint density at radius 1 is 1.27 bits per heavy atom. The summed E-state index contributed by atoms with van der Waals surface area (Å²) < 4.78 is 5.32. The van der Waals surface area contributed by atoms with E-state index >= 15 is 0 Å². The first kappa shape index (κ1) is 15.1. The van der Waals surface area contributed by atoms with Crippen LogP contribution in [0.2, 0.25) is 10.0 Å². The van der Waals surface area contributed by atoms with E-state index in [9.17, 15) is 4.79 Å². The molecule has 1 aromatic carbocycles. The fourth-order valence-electron chi connectivity index (χ4n) is 2.47. The number of carboxylic acid groups (broad SMARTS) is 1. The largest absolute Gasteiger partial charge is 0.465 e. The van der Waals surface area contributed by atoms with Crippen molar-refractivity contribution in [3.05, 3.63) is 34.1 Å². The maximum absolute atomic E-state index is 10.9. The molecule has 1 aliphatic heterocycles. The first-order valence-corrected chi connectivity index (χ1v) is 7.57. The Morgan fingerprint density at radius 2 is 2.00 bits per heavy atom.